The SMILES string of the molecule is CC(=O)N[C@H](CCCCNC(=O)c1ccc(C(=O)O)c(-c2c3ccc(=O)cc-3oc3cc(O)ccc23)c1)C(=O)N[C@H](C)C(=O)N[C@H](C)C(=O)N[C@H](C)C(=O)N[C@@H](C(=O)N[C@H](Cc1c[nH]cn1)C(=O)N[C@H](CCC(=O)O)C(=O)N[C@H](C)C(=O)N[C@H](C)C(=O)N[C@H](C)C(=O)N[C@@H](C(=O)N[C@H](Cc1c[nH]cn1)C(=O)N[C@H](CCC(=O)O)C(N)=O)[C@H](C)O)[C@H](C)O. The van der Waals surface area contributed by atoms with Gasteiger partial charge in [-0.15, -0.1) is 0 Å². The molecule has 3 heterocycles. The zero-order chi connectivity index (χ0) is 90.7. The lowest BCUT2D eigenvalue weighted by Gasteiger charge is -2.27. The van der Waals surface area contributed by atoms with Crippen LogP contribution in [-0.4, -0.2) is 254 Å². The number of primary amides is 1. The number of hydrogen-bond acceptors (Lipinski definition) is 25. The van der Waals surface area contributed by atoms with Crippen LogP contribution in [0, 0.1) is 0 Å². The van der Waals surface area contributed by atoms with Crippen LogP contribution in [0.4, 0.5) is 0 Å². The molecule has 658 valence electrons. The predicted molar refractivity (Wildman–Crippen MR) is 425 cm³/mol. The van der Waals surface area contributed by atoms with Gasteiger partial charge in [0.25, 0.3) is 5.91 Å². The summed E-state index contributed by atoms with van der Waals surface area (Å²) >= 11 is 0. The number of rotatable bonds is 46. The van der Waals surface area contributed by atoms with Crippen LogP contribution in [0.1, 0.15) is 139 Å². The number of carbonyl (C=O) groups is 18. The van der Waals surface area contributed by atoms with Gasteiger partial charge in [0.15, 0.2) is 5.43 Å². The smallest absolute Gasteiger partial charge is 0.336 e. The number of aromatic hydroxyl groups is 1. The highest BCUT2D eigenvalue weighted by atomic mass is 16.4. The zero-order valence-corrected chi connectivity index (χ0v) is 67.6. The lowest BCUT2D eigenvalue weighted by atomic mass is 9.89. The lowest BCUT2D eigenvalue weighted by Crippen LogP contribution is -2.62. The minimum Gasteiger partial charge on any atom is -0.508 e. The van der Waals surface area contributed by atoms with E-state index in [-0.39, 0.29) is 77.4 Å². The number of phenolic OH excluding ortho intramolecular Hbond substituents is 1. The summed E-state index contributed by atoms with van der Waals surface area (Å²) in [5.41, 5.74) is 6.10. The summed E-state index contributed by atoms with van der Waals surface area (Å²) in [6, 6.07) is -8.27. The number of fused-ring (bicyclic) bond motifs is 2. The van der Waals surface area contributed by atoms with E-state index in [4.69, 9.17) is 15.3 Å². The molecule has 45 heteroatoms. The van der Waals surface area contributed by atoms with Gasteiger partial charge in [0.2, 0.25) is 82.7 Å². The molecule has 0 radical (unpaired) electrons. The second kappa shape index (κ2) is 45.1. The first kappa shape index (κ1) is 96.6. The highest BCUT2D eigenvalue weighted by Crippen LogP contribution is 2.42. The molecule has 0 unspecified atom stereocenters. The molecular formula is C77H99N19O26. The fourth-order valence-corrected chi connectivity index (χ4v) is 12.1. The van der Waals surface area contributed by atoms with Gasteiger partial charge < -0.3 is 125 Å². The molecule has 2 aliphatic rings. The number of unbranched alkanes of at least 4 members (excludes halogenated alkanes) is 1. The van der Waals surface area contributed by atoms with Gasteiger partial charge in [-0.1, -0.05) is 0 Å². The maximum Gasteiger partial charge on any atom is 0.336 e. The molecule has 24 N–H and O–H groups in total. The van der Waals surface area contributed by atoms with Crippen LogP contribution in [0.25, 0.3) is 33.4 Å². The molecule has 0 spiro atoms. The predicted octanol–water partition coefficient (Wildman–Crippen LogP) is -4.78. The van der Waals surface area contributed by atoms with Crippen LogP contribution in [0.15, 0.2) is 88.9 Å². The maximum atomic E-state index is 14.2. The van der Waals surface area contributed by atoms with Crippen molar-refractivity contribution in [2.45, 2.75) is 211 Å². The van der Waals surface area contributed by atoms with E-state index in [9.17, 15) is 117 Å². The van der Waals surface area contributed by atoms with Crippen molar-refractivity contribution >= 4 is 117 Å². The summed E-state index contributed by atoms with van der Waals surface area (Å²) in [5.74, 6) is -19.0. The molecule has 0 bridgehead atoms. The number of nitrogens with two attached hydrogens (primary N) is 1. The van der Waals surface area contributed by atoms with Crippen LogP contribution >= 0.6 is 0 Å². The zero-order valence-electron chi connectivity index (χ0n) is 67.6. The number of aliphatic hydroxyl groups is 2. The van der Waals surface area contributed by atoms with Gasteiger partial charge in [-0.25, -0.2) is 14.8 Å². The Morgan fingerprint density at radius 2 is 0.869 bits per heavy atom. The number of carboxylic acid groups (broad SMARTS) is 3. The number of H-pyrrole nitrogens is 2. The molecule has 15 atom stereocenters. The summed E-state index contributed by atoms with van der Waals surface area (Å²) in [6.45, 7) is 10.5. The topological polar surface area (TPSA) is 711 Å². The van der Waals surface area contributed by atoms with E-state index in [2.05, 4.69) is 94.4 Å². The monoisotopic (exact) mass is 1710 g/mol. The molecule has 4 aromatic rings. The third-order valence-corrected chi connectivity index (χ3v) is 18.8. The van der Waals surface area contributed by atoms with Crippen molar-refractivity contribution in [2.24, 2.45) is 5.73 Å². The number of amides is 15. The van der Waals surface area contributed by atoms with Crippen molar-refractivity contribution in [2.75, 3.05) is 6.54 Å². The Kier molecular flexibility index (Phi) is 35.7. The first-order valence-corrected chi connectivity index (χ1v) is 38.2. The van der Waals surface area contributed by atoms with Crippen LogP contribution in [0.3, 0.4) is 0 Å². The molecule has 45 nitrogen and oxygen atoms in total. The van der Waals surface area contributed by atoms with Gasteiger partial charge in [0, 0.05) is 85.8 Å². The number of aliphatic hydroxyl groups excluding tert-OH is 2. The second-order valence-corrected chi connectivity index (χ2v) is 28.8. The molecule has 0 saturated heterocycles. The standard InChI is InChI=1S/C77H99N19O26/c1-33(84-66(109)35(3)88-71(114)52(90-41(9)99)12-10-11-23-81-70(113)42-13-16-47(77(120)121)50(24-42)60-48-17-14-45(100)27-56(48)122-57-28-46(101)15-18-49(57)60)64(107)86-38(6)69(112)96-62(40(8)98)76(119)94-55(26-44-30-80-32-83-44)74(117)92-53(20-22-59(104)105)72(115)89-36(4)67(110)85-34(2)65(108)87-37(5)68(111)95-61(39(7)97)75(118)93-54(25-43-29-79-31-82-43)73(116)91-51(63(78)106)19-21-58(102)103/h13-18,24,27-40,51-55,61-62,97-98,100H,10-12,19-23,25-26H2,1-9H3,(H2,78,106)(H,79,82)(H,80,83)(H,81,113)(H,84,109)(H,85,110)(H,86,107)(H,87,108)(H,88,114)(H,89,115)(H,90,99)(H,91,116)(H,92,117)(H,93,118)(H,94,119)(H,95,111)(H,96,112)(H,102,103)(H,104,105)(H,120,121)/t33-,34-,35-,36-,37-,38-,39+,40+,51-,52-,53-,54-,55-,61-,62-/m1/s1. The normalized spacial score (nSPS) is 14.8. The molecule has 2 aromatic heterocycles. The molecule has 2 aromatic carbocycles. The first-order valence-electron chi connectivity index (χ1n) is 38.2. The van der Waals surface area contributed by atoms with E-state index in [1.54, 1.807) is 0 Å². The molecule has 1 aliphatic carbocycles. The molecule has 0 saturated carbocycles. The van der Waals surface area contributed by atoms with E-state index in [1.165, 1.54) is 107 Å². The molecule has 6 rings (SSSR count). The van der Waals surface area contributed by atoms with Gasteiger partial charge in [0.1, 0.15) is 95.6 Å². The Morgan fingerprint density at radius 1 is 0.451 bits per heavy atom. The number of carbonyl (C=O) groups excluding carboxylic acids is 15. The lowest BCUT2D eigenvalue weighted by molar-refractivity contribution is -0.139. The number of imidazole rings is 2. The summed E-state index contributed by atoms with van der Waals surface area (Å²) in [7, 11) is 0. The number of benzene rings is 3. The number of nitrogens with zero attached hydrogens (tertiary/aromatic N) is 2. The molecule has 15 amide bonds. The second-order valence-electron chi connectivity index (χ2n) is 28.8. The molecule has 122 heavy (non-hydrogen) atoms. The van der Waals surface area contributed by atoms with Crippen molar-refractivity contribution in [3.8, 4) is 28.2 Å². The van der Waals surface area contributed by atoms with E-state index in [0.29, 0.717) is 16.5 Å². The number of hydrogen-bond donors (Lipinski definition) is 23. The fourth-order valence-electron chi connectivity index (χ4n) is 12.1. The number of aromatic nitrogens is 4. The van der Waals surface area contributed by atoms with E-state index in [1.807, 2.05) is 0 Å². The van der Waals surface area contributed by atoms with Crippen molar-refractivity contribution in [3.05, 3.63) is 112 Å². The van der Waals surface area contributed by atoms with Crippen molar-refractivity contribution in [1.29, 1.82) is 0 Å². The average Bonchev–Trinajstić information content (AvgIpc) is 0.813. The quantitative estimate of drug-likeness (QED) is 0.0126. The van der Waals surface area contributed by atoms with Gasteiger partial charge in [0.05, 0.1) is 41.8 Å². The Balaban J connectivity index is 0.989. The van der Waals surface area contributed by atoms with Crippen LogP contribution in [0.2, 0.25) is 0 Å². The minimum atomic E-state index is -1.89. The number of aromatic carboxylic acids is 1. The summed E-state index contributed by atoms with van der Waals surface area (Å²) in [4.78, 5) is 263. The number of aromatic amines is 2. The summed E-state index contributed by atoms with van der Waals surface area (Å²) in [6.07, 6.45) is -0.900. The maximum absolute atomic E-state index is 14.2. The van der Waals surface area contributed by atoms with E-state index in [0.717, 1.165) is 34.6 Å². The van der Waals surface area contributed by atoms with Gasteiger partial charge in [-0.3, -0.25) is 86.3 Å². The van der Waals surface area contributed by atoms with E-state index < -0.39 is 235 Å². The first-order chi connectivity index (χ1) is 57.4. The number of carboxylic acids is 3. The average molecular weight is 1710 g/mol. The third kappa shape index (κ3) is 28.8. The van der Waals surface area contributed by atoms with Crippen LogP contribution in [0.5, 0.6) is 5.75 Å². The molecule has 0 fully saturated rings. The van der Waals surface area contributed by atoms with Crippen molar-refractivity contribution < 1.29 is 121 Å². The van der Waals surface area contributed by atoms with Crippen LogP contribution < -0.4 is 85.6 Å². The van der Waals surface area contributed by atoms with Crippen molar-refractivity contribution in [3.63, 3.8) is 0 Å². The highest BCUT2D eigenvalue weighted by molar-refractivity contribution is 6.10. The summed E-state index contributed by atoms with van der Waals surface area (Å²) in [5, 5.41) is 94.3. The van der Waals surface area contributed by atoms with Gasteiger partial charge in [-0.05, 0) is 136 Å². The fraction of sp³-hybridized carbons (Fsp3) is 0.442. The minimum absolute atomic E-state index is 0.00118. The number of aliphatic carboxylic acids is 2. The summed E-state index contributed by atoms with van der Waals surface area (Å²) < 4.78 is 5.90. The molecular weight excluding hydrogens is 1610 g/mol. The Hall–Kier alpha value is -14.3. The van der Waals surface area contributed by atoms with E-state index >= 15 is 0 Å². The van der Waals surface area contributed by atoms with Crippen LogP contribution in [-0.2, 0) is 89.6 Å². The van der Waals surface area contributed by atoms with Gasteiger partial charge >= 0.3 is 17.9 Å². The third-order valence-electron chi connectivity index (χ3n) is 18.8. The highest BCUT2D eigenvalue weighted by Gasteiger charge is 2.38. The van der Waals surface area contributed by atoms with Gasteiger partial charge in [-0.2, -0.15) is 0 Å². The largest absolute Gasteiger partial charge is 0.508 e. The Labute approximate surface area is 694 Å². The van der Waals surface area contributed by atoms with Crippen molar-refractivity contribution in [1.82, 2.24) is 94.4 Å². The Bertz CT molecular complexity index is 4880. The number of phenols is 1. The Morgan fingerprint density at radius 3 is 1.29 bits per heavy atom. The number of nitrogens with one attached hydrogen (secondary N) is 16. The molecule has 1 aliphatic heterocycles.